The molecule has 1 aliphatic carbocycles. The van der Waals surface area contributed by atoms with Crippen molar-refractivity contribution in [1.82, 2.24) is 9.62 Å². The third kappa shape index (κ3) is 4.49. The second-order valence-electron chi connectivity index (χ2n) is 4.51. The molecule has 0 atom stereocenters. The van der Waals surface area contributed by atoms with Crippen molar-refractivity contribution >= 4 is 10.0 Å². The Hall–Kier alpha value is -0.130. The molecular formula is C10H22N2O2S. The SMILES string of the molecule is CC(C)N(C)S(=O)(=O)CCCNC1CC1. The summed E-state index contributed by atoms with van der Waals surface area (Å²) in [5.74, 6) is 0.251. The van der Waals surface area contributed by atoms with E-state index in [9.17, 15) is 8.42 Å². The molecule has 0 aromatic carbocycles. The van der Waals surface area contributed by atoms with Crippen molar-refractivity contribution in [2.45, 2.75) is 45.2 Å². The summed E-state index contributed by atoms with van der Waals surface area (Å²) in [7, 11) is -1.40. The molecule has 0 bridgehead atoms. The second-order valence-corrected chi connectivity index (χ2v) is 6.66. The van der Waals surface area contributed by atoms with Gasteiger partial charge in [-0.3, -0.25) is 0 Å². The molecule has 0 unspecified atom stereocenters. The van der Waals surface area contributed by atoms with E-state index >= 15 is 0 Å². The smallest absolute Gasteiger partial charge is 0.214 e. The van der Waals surface area contributed by atoms with Crippen LogP contribution < -0.4 is 5.32 Å². The highest BCUT2D eigenvalue weighted by Crippen LogP contribution is 2.18. The van der Waals surface area contributed by atoms with Gasteiger partial charge in [0.2, 0.25) is 10.0 Å². The Balaban J connectivity index is 2.22. The molecule has 4 nitrogen and oxygen atoms in total. The highest BCUT2D eigenvalue weighted by molar-refractivity contribution is 7.89. The van der Waals surface area contributed by atoms with Crippen molar-refractivity contribution < 1.29 is 8.42 Å². The van der Waals surface area contributed by atoms with Crippen molar-refractivity contribution in [2.24, 2.45) is 0 Å². The third-order valence-corrected chi connectivity index (χ3v) is 4.86. The van der Waals surface area contributed by atoms with Crippen molar-refractivity contribution in [3.8, 4) is 0 Å². The fourth-order valence-corrected chi connectivity index (χ4v) is 2.75. The lowest BCUT2D eigenvalue weighted by molar-refractivity contribution is 0.409. The molecule has 0 aromatic heterocycles. The van der Waals surface area contributed by atoms with Gasteiger partial charge in [-0.2, -0.15) is 0 Å². The van der Waals surface area contributed by atoms with Crippen LogP contribution in [0.3, 0.4) is 0 Å². The van der Waals surface area contributed by atoms with Crippen LogP contribution in [0.1, 0.15) is 33.1 Å². The Bertz CT molecular complexity index is 284. The first-order valence-electron chi connectivity index (χ1n) is 5.62. The third-order valence-electron chi connectivity index (χ3n) is 2.76. The minimum absolute atomic E-state index is 0.0476. The normalized spacial score (nSPS) is 17.7. The average Bonchev–Trinajstić information content (AvgIpc) is 2.94. The van der Waals surface area contributed by atoms with Gasteiger partial charge in [0.1, 0.15) is 0 Å². The van der Waals surface area contributed by atoms with Crippen LogP contribution in [-0.4, -0.2) is 44.2 Å². The summed E-state index contributed by atoms with van der Waals surface area (Å²) in [5.41, 5.74) is 0. The molecule has 1 N–H and O–H groups in total. The summed E-state index contributed by atoms with van der Waals surface area (Å²) in [6.45, 7) is 4.59. The van der Waals surface area contributed by atoms with Crippen LogP contribution >= 0.6 is 0 Å². The first-order chi connectivity index (χ1) is 6.93. The van der Waals surface area contributed by atoms with Gasteiger partial charge in [-0.25, -0.2) is 12.7 Å². The van der Waals surface area contributed by atoms with Gasteiger partial charge in [0.15, 0.2) is 0 Å². The number of nitrogens with one attached hydrogen (secondary N) is 1. The lowest BCUT2D eigenvalue weighted by Crippen LogP contribution is -2.35. The maximum absolute atomic E-state index is 11.7. The highest BCUT2D eigenvalue weighted by Gasteiger charge is 2.22. The summed E-state index contributed by atoms with van der Waals surface area (Å²) in [4.78, 5) is 0. The maximum atomic E-state index is 11.7. The molecule has 0 heterocycles. The number of rotatable bonds is 7. The van der Waals surface area contributed by atoms with Crippen LogP contribution in [0, 0.1) is 0 Å². The van der Waals surface area contributed by atoms with Gasteiger partial charge in [-0.1, -0.05) is 0 Å². The van der Waals surface area contributed by atoms with Crippen LogP contribution in [0.4, 0.5) is 0 Å². The van der Waals surface area contributed by atoms with E-state index < -0.39 is 10.0 Å². The zero-order chi connectivity index (χ0) is 11.5. The van der Waals surface area contributed by atoms with Gasteiger partial charge in [-0.05, 0) is 39.7 Å². The fraction of sp³-hybridized carbons (Fsp3) is 1.00. The van der Waals surface area contributed by atoms with Gasteiger partial charge >= 0.3 is 0 Å². The van der Waals surface area contributed by atoms with Crippen LogP contribution in [0.5, 0.6) is 0 Å². The number of nitrogens with zero attached hydrogens (tertiary/aromatic N) is 1. The monoisotopic (exact) mass is 234 g/mol. The number of hydrogen-bond acceptors (Lipinski definition) is 3. The fourth-order valence-electron chi connectivity index (χ4n) is 1.31. The number of hydrogen-bond donors (Lipinski definition) is 1. The lowest BCUT2D eigenvalue weighted by Gasteiger charge is -2.20. The molecule has 15 heavy (non-hydrogen) atoms. The van der Waals surface area contributed by atoms with E-state index in [1.54, 1.807) is 7.05 Å². The Morgan fingerprint density at radius 2 is 2.00 bits per heavy atom. The van der Waals surface area contributed by atoms with E-state index in [0.29, 0.717) is 12.5 Å². The van der Waals surface area contributed by atoms with Gasteiger partial charge in [0.05, 0.1) is 5.75 Å². The average molecular weight is 234 g/mol. The van der Waals surface area contributed by atoms with E-state index in [4.69, 9.17) is 0 Å². The van der Waals surface area contributed by atoms with Gasteiger partial charge in [0.25, 0.3) is 0 Å². The van der Waals surface area contributed by atoms with Gasteiger partial charge < -0.3 is 5.32 Å². The molecule has 1 saturated carbocycles. The van der Waals surface area contributed by atoms with Crippen molar-refractivity contribution in [3.05, 3.63) is 0 Å². The molecule has 1 rings (SSSR count). The predicted octanol–water partition coefficient (Wildman–Crippen LogP) is 0.798. The molecule has 0 aromatic rings. The van der Waals surface area contributed by atoms with Crippen molar-refractivity contribution in [2.75, 3.05) is 19.3 Å². The van der Waals surface area contributed by atoms with Crippen molar-refractivity contribution in [1.29, 1.82) is 0 Å². The van der Waals surface area contributed by atoms with E-state index in [-0.39, 0.29) is 11.8 Å². The van der Waals surface area contributed by atoms with E-state index in [2.05, 4.69) is 5.32 Å². The summed E-state index contributed by atoms with van der Waals surface area (Å²) in [6.07, 6.45) is 3.20. The first-order valence-corrected chi connectivity index (χ1v) is 7.23. The zero-order valence-corrected chi connectivity index (χ0v) is 10.7. The molecule has 1 aliphatic rings. The molecule has 0 spiro atoms. The Kier molecular flexibility index (Phi) is 4.55. The van der Waals surface area contributed by atoms with E-state index in [0.717, 1.165) is 6.54 Å². The first kappa shape index (κ1) is 12.9. The zero-order valence-electron chi connectivity index (χ0n) is 9.86. The van der Waals surface area contributed by atoms with E-state index in [1.165, 1.54) is 17.1 Å². The predicted molar refractivity (Wildman–Crippen MR) is 62.3 cm³/mol. The Morgan fingerprint density at radius 3 is 2.47 bits per heavy atom. The highest BCUT2D eigenvalue weighted by atomic mass is 32.2. The minimum atomic E-state index is -3.04. The topological polar surface area (TPSA) is 49.4 Å². The van der Waals surface area contributed by atoms with Gasteiger partial charge in [0, 0.05) is 19.1 Å². The Labute approximate surface area is 93.1 Å². The molecule has 1 fully saturated rings. The van der Waals surface area contributed by atoms with E-state index in [1.807, 2.05) is 13.8 Å². The lowest BCUT2D eigenvalue weighted by atomic mass is 10.4. The molecule has 0 radical (unpaired) electrons. The minimum Gasteiger partial charge on any atom is -0.314 e. The summed E-state index contributed by atoms with van der Waals surface area (Å²) >= 11 is 0. The molecule has 0 saturated heterocycles. The largest absolute Gasteiger partial charge is 0.314 e. The van der Waals surface area contributed by atoms with Gasteiger partial charge in [-0.15, -0.1) is 0 Å². The number of sulfonamides is 1. The Morgan fingerprint density at radius 1 is 1.40 bits per heavy atom. The molecule has 90 valence electrons. The maximum Gasteiger partial charge on any atom is 0.214 e. The molecule has 5 heteroatoms. The quantitative estimate of drug-likeness (QED) is 0.663. The van der Waals surface area contributed by atoms with Crippen LogP contribution in [0.25, 0.3) is 0 Å². The second kappa shape index (κ2) is 5.27. The summed E-state index contributed by atoms with van der Waals surface area (Å²) in [5, 5.41) is 3.31. The van der Waals surface area contributed by atoms with Crippen LogP contribution in [0.2, 0.25) is 0 Å². The summed E-state index contributed by atoms with van der Waals surface area (Å²) < 4.78 is 24.9. The molecule has 0 amide bonds. The van der Waals surface area contributed by atoms with Crippen LogP contribution in [0.15, 0.2) is 0 Å². The summed E-state index contributed by atoms with van der Waals surface area (Å²) in [6, 6.07) is 0.710. The standard InChI is InChI=1S/C10H22N2O2S/c1-9(2)12(3)15(13,14)8-4-7-11-10-5-6-10/h9-11H,4-8H2,1-3H3. The van der Waals surface area contributed by atoms with Crippen LogP contribution in [-0.2, 0) is 10.0 Å². The molecular weight excluding hydrogens is 212 g/mol. The molecule has 0 aliphatic heterocycles. The van der Waals surface area contributed by atoms with Crippen molar-refractivity contribution in [3.63, 3.8) is 0 Å².